The highest BCUT2D eigenvalue weighted by Crippen LogP contribution is 2.39. The van der Waals surface area contributed by atoms with Crippen molar-refractivity contribution in [3.05, 3.63) is 72.4 Å². The van der Waals surface area contributed by atoms with Gasteiger partial charge < -0.3 is 10.6 Å². The Morgan fingerprint density at radius 1 is 1.06 bits per heavy atom. The highest BCUT2D eigenvalue weighted by molar-refractivity contribution is 7.27. The van der Waals surface area contributed by atoms with Crippen molar-refractivity contribution in [3.63, 3.8) is 0 Å². The maximum atomic E-state index is 12.5. The molecule has 5 rings (SSSR count). The fourth-order valence-corrected chi connectivity index (χ4v) is 4.10. The quantitative estimate of drug-likeness (QED) is 0.412. The summed E-state index contributed by atoms with van der Waals surface area (Å²) in [5, 5.41) is 11.2. The molecule has 0 radical (unpaired) electrons. The number of rotatable bonds is 7. The second-order valence-electron chi connectivity index (χ2n) is 8.22. The number of carbonyl (C=O) groups excluding carboxylic acids is 1. The van der Waals surface area contributed by atoms with Crippen molar-refractivity contribution in [1.82, 2.24) is 24.7 Å². The number of nitrogens with one attached hydrogen (secondary N) is 2. The molecule has 1 aliphatic carbocycles. The molecule has 3 aromatic heterocycles. The van der Waals surface area contributed by atoms with Gasteiger partial charge in [-0.2, -0.15) is 5.10 Å². The fraction of sp³-hybridized carbons (Fsp3) is 0.208. The van der Waals surface area contributed by atoms with Gasteiger partial charge in [0.15, 0.2) is 0 Å². The maximum absolute atomic E-state index is 12.5. The second kappa shape index (κ2) is 9.08. The zero-order valence-electron chi connectivity index (χ0n) is 18.2. The lowest BCUT2D eigenvalue weighted by molar-refractivity contribution is -0.115. The van der Waals surface area contributed by atoms with Crippen LogP contribution in [0.1, 0.15) is 29.9 Å². The Bertz CT molecular complexity index is 1280. The number of anilines is 3. The smallest absolute Gasteiger partial charge is 0.229 e. The van der Waals surface area contributed by atoms with Crippen LogP contribution < -0.4 is 15.9 Å². The molecule has 9 heteroatoms. The van der Waals surface area contributed by atoms with E-state index >= 15 is 0 Å². The Morgan fingerprint density at radius 3 is 2.45 bits per heavy atom. The van der Waals surface area contributed by atoms with Gasteiger partial charge in [-0.1, -0.05) is 24.3 Å². The average Bonchev–Trinajstić information content (AvgIpc) is 3.56. The van der Waals surface area contributed by atoms with Gasteiger partial charge in [-0.05, 0) is 46.8 Å². The van der Waals surface area contributed by atoms with Crippen molar-refractivity contribution >= 4 is 37.9 Å². The summed E-state index contributed by atoms with van der Waals surface area (Å²) in [6, 6.07) is 9.76. The standard InChI is InChI=1S/C24H24N7OP/c1-31-14-19(12-28-31)29-24-26-10-18(11-27-24)16-4-2-15(3-5-16)8-23(32)30-22-9-21(33)20(13-25-22)17-6-7-17/h2-5,9-14,17H,6-8,33H2,1H3,(H,25,30,32)(H,26,27,29). The molecule has 1 aliphatic rings. The molecule has 1 aromatic carbocycles. The van der Waals surface area contributed by atoms with E-state index in [0.717, 1.165) is 27.7 Å². The summed E-state index contributed by atoms with van der Waals surface area (Å²) < 4.78 is 1.71. The third-order valence-corrected chi connectivity index (χ3v) is 6.02. The predicted octanol–water partition coefficient (Wildman–Crippen LogP) is 3.57. The van der Waals surface area contributed by atoms with Crippen molar-refractivity contribution < 1.29 is 4.79 Å². The molecule has 1 amide bonds. The number of hydrogen-bond donors (Lipinski definition) is 2. The first kappa shape index (κ1) is 21.2. The zero-order chi connectivity index (χ0) is 22.8. The van der Waals surface area contributed by atoms with Crippen LogP contribution in [0.2, 0.25) is 0 Å². The Balaban J connectivity index is 1.18. The van der Waals surface area contributed by atoms with E-state index in [-0.39, 0.29) is 12.3 Å². The van der Waals surface area contributed by atoms with Gasteiger partial charge >= 0.3 is 0 Å². The van der Waals surface area contributed by atoms with Crippen LogP contribution in [-0.4, -0.2) is 30.6 Å². The molecule has 0 saturated heterocycles. The summed E-state index contributed by atoms with van der Waals surface area (Å²) in [6.07, 6.45) is 11.7. The van der Waals surface area contributed by atoms with Crippen LogP contribution in [0.4, 0.5) is 17.5 Å². The van der Waals surface area contributed by atoms with Crippen molar-refractivity contribution in [3.8, 4) is 11.1 Å². The molecule has 0 aliphatic heterocycles. The van der Waals surface area contributed by atoms with Gasteiger partial charge in [0.05, 0.1) is 18.3 Å². The molecule has 2 N–H and O–H groups in total. The summed E-state index contributed by atoms with van der Waals surface area (Å²) in [6.45, 7) is 0. The minimum Gasteiger partial charge on any atom is -0.321 e. The number of hydrogen-bond acceptors (Lipinski definition) is 6. The van der Waals surface area contributed by atoms with Crippen LogP contribution in [0.5, 0.6) is 0 Å². The van der Waals surface area contributed by atoms with Crippen LogP contribution in [0.3, 0.4) is 0 Å². The lowest BCUT2D eigenvalue weighted by Gasteiger charge is -2.09. The van der Waals surface area contributed by atoms with E-state index in [4.69, 9.17) is 0 Å². The summed E-state index contributed by atoms with van der Waals surface area (Å²) in [5.41, 5.74) is 4.90. The molecule has 1 fully saturated rings. The summed E-state index contributed by atoms with van der Waals surface area (Å²) in [5.74, 6) is 1.64. The number of pyridine rings is 1. The third-order valence-electron chi connectivity index (χ3n) is 5.52. The molecule has 1 atom stereocenters. The van der Waals surface area contributed by atoms with Gasteiger partial charge in [0.25, 0.3) is 0 Å². The van der Waals surface area contributed by atoms with Crippen molar-refractivity contribution in [2.24, 2.45) is 7.05 Å². The van der Waals surface area contributed by atoms with Crippen LogP contribution in [0.15, 0.2) is 61.3 Å². The fourth-order valence-electron chi connectivity index (χ4n) is 3.63. The second-order valence-corrected chi connectivity index (χ2v) is 8.84. The molecule has 0 bridgehead atoms. The van der Waals surface area contributed by atoms with E-state index in [2.05, 4.69) is 39.9 Å². The SMILES string of the molecule is Cn1cc(Nc2ncc(-c3ccc(CC(=O)Nc4cc(P)c(C5CC5)cn4)cc3)cn2)cn1. The molecule has 166 valence electrons. The van der Waals surface area contributed by atoms with E-state index < -0.39 is 0 Å². The van der Waals surface area contributed by atoms with Gasteiger partial charge in [-0.3, -0.25) is 9.48 Å². The van der Waals surface area contributed by atoms with E-state index in [1.54, 1.807) is 23.3 Å². The van der Waals surface area contributed by atoms with Crippen molar-refractivity contribution in [1.29, 1.82) is 0 Å². The predicted molar refractivity (Wildman–Crippen MR) is 132 cm³/mol. The molecular weight excluding hydrogens is 433 g/mol. The number of aromatic nitrogens is 5. The first-order valence-corrected chi connectivity index (χ1v) is 11.3. The Labute approximate surface area is 194 Å². The topological polar surface area (TPSA) is 97.6 Å². The van der Waals surface area contributed by atoms with Crippen LogP contribution in [0, 0.1) is 0 Å². The highest BCUT2D eigenvalue weighted by Gasteiger charge is 2.25. The third kappa shape index (κ3) is 5.23. The van der Waals surface area contributed by atoms with E-state index in [1.165, 1.54) is 18.4 Å². The number of amides is 1. The minimum absolute atomic E-state index is 0.0898. The molecular formula is C24H24N7OP. The van der Waals surface area contributed by atoms with Gasteiger partial charge in [0.1, 0.15) is 5.82 Å². The number of nitrogens with zero attached hydrogens (tertiary/aromatic N) is 5. The van der Waals surface area contributed by atoms with E-state index in [0.29, 0.717) is 17.7 Å². The molecule has 8 nitrogen and oxygen atoms in total. The highest BCUT2D eigenvalue weighted by atomic mass is 31.0. The average molecular weight is 457 g/mol. The Hall–Kier alpha value is -3.64. The summed E-state index contributed by atoms with van der Waals surface area (Å²) in [4.78, 5) is 25.6. The van der Waals surface area contributed by atoms with E-state index in [9.17, 15) is 4.79 Å². The van der Waals surface area contributed by atoms with Gasteiger partial charge in [-0.15, -0.1) is 9.24 Å². The maximum Gasteiger partial charge on any atom is 0.229 e. The summed E-state index contributed by atoms with van der Waals surface area (Å²) >= 11 is 0. The van der Waals surface area contributed by atoms with E-state index in [1.807, 2.05) is 49.8 Å². The first-order chi connectivity index (χ1) is 16.0. The van der Waals surface area contributed by atoms with Gasteiger partial charge in [0.2, 0.25) is 11.9 Å². The van der Waals surface area contributed by atoms with Crippen LogP contribution in [0.25, 0.3) is 11.1 Å². The molecule has 33 heavy (non-hydrogen) atoms. The normalized spacial score (nSPS) is 13.0. The van der Waals surface area contributed by atoms with Gasteiger partial charge in [0, 0.05) is 37.4 Å². The number of benzene rings is 1. The first-order valence-electron chi connectivity index (χ1n) is 10.8. The molecule has 1 saturated carbocycles. The molecule has 3 heterocycles. The van der Waals surface area contributed by atoms with Gasteiger partial charge in [-0.25, -0.2) is 15.0 Å². The van der Waals surface area contributed by atoms with Crippen LogP contribution in [-0.2, 0) is 18.3 Å². The zero-order valence-corrected chi connectivity index (χ0v) is 19.3. The minimum atomic E-state index is -0.0898. The largest absolute Gasteiger partial charge is 0.321 e. The number of carbonyl (C=O) groups is 1. The Morgan fingerprint density at radius 2 is 1.82 bits per heavy atom. The molecule has 4 aromatic rings. The van der Waals surface area contributed by atoms with Crippen molar-refractivity contribution in [2.45, 2.75) is 25.2 Å². The van der Waals surface area contributed by atoms with Crippen molar-refractivity contribution in [2.75, 3.05) is 10.6 Å². The molecule has 0 spiro atoms. The summed E-state index contributed by atoms with van der Waals surface area (Å²) in [7, 11) is 4.60. The lowest BCUT2D eigenvalue weighted by atomic mass is 10.1. The lowest BCUT2D eigenvalue weighted by Crippen LogP contribution is -2.17. The molecule has 1 unspecified atom stereocenters. The Kier molecular flexibility index (Phi) is 5.84. The number of aryl methyl sites for hydroxylation is 1. The van der Waals surface area contributed by atoms with Crippen LogP contribution >= 0.6 is 9.24 Å². The monoisotopic (exact) mass is 457 g/mol.